The molecule has 19 heavy (non-hydrogen) atoms. The van der Waals surface area contributed by atoms with Crippen molar-refractivity contribution in [3.05, 3.63) is 17.8 Å². The number of hydrogen-bond acceptors (Lipinski definition) is 6. The standard InChI is InChI=1S/C9H15N7O2S/c1-6(2)9-11-8(19(10,17)18)5-16(9)4-7-12-14-15(3)13-7/h5-6H,4H2,1-3H3,(H2,10,17,18). The zero-order valence-corrected chi connectivity index (χ0v) is 11.7. The average Bonchev–Trinajstić information content (AvgIpc) is 2.85. The van der Waals surface area contributed by atoms with Crippen molar-refractivity contribution in [2.24, 2.45) is 12.2 Å². The fourth-order valence-corrected chi connectivity index (χ4v) is 2.16. The molecule has 2 heterocycles. The van der Waals surface area contributed by atoms with Crippen LogP contribution in [-0.4, -0.2) is 38.2 Å². The second kappa shape index (κ2) is 4.70. The third-order valence-corrected chi connectivity index (χ3v) is 3.23. The number of aromatic nitrogens is 6. The predicted molar refractivity (Wildman–Crippen MR) is 65.6 cm³/mol. The lowest BCUT2D eigenvalue weighted by molar-refractivity contribution is 0.594. The molecule has 0 radical (unpaired) electrons. The van der Waals surface area contributed by atoms with Crippen LogP contribution in [0.1, 0.15) is 31.4 Å². The van der Waals surface area contributed by atoms with Crippen LogP contribution < -0.4 is 5.14 Å². The van der Waals surface area contributed by atoms with Crippen molar-refractivity contribution in [1.29, 1.82) is 0 Å². The zero-order chi connectivity index (χ0) is 14.2. The molecule has 0 saturated carbocycles. The highest BCUT2D eigenvalue weighted by molar-refractivity contribution is 7.89. The van der Waals surface area contributed by atoms with E-state index in [1.165, 1.54) is 11.0 Å². The van der Waals surface area contributed by atoms with Gasteiger partial charge in [0.05, 0.1) is 13.6 Å². The fourth-order valence-electron chi connectivity index (χ4n) is 1.67. The molecular weight excluding hydrogens is 270 g/mol. The molecule has 9 nitrogen and oxygen atoms in total. The van der Waals surface area contributed by atoms with E-state index in [2.05, 4.69) is 20.4 Å². The smallest absolute Gasteiger partial charge is 0.257 e. The van der Waals surface area contributed by atoms with Gasteiger partial charge in [0, 0.05) is 12.1 Å². The maximum atomic E-state index is 11.3. The van der Waals surface area contributed by atoms with Crippen molar-refractivity contribution in [1.82, 2.24) is 29.8 Å². The first-order valence-electron chi connectivity index (χ1n) is 5.60. The molecule has 0 atom stereocenters. The quantitative estimate of drug-likeness (QED) is 0.786. The Hall–Kier alpha value is -1.81. The minimum absolute atomic E-state index is 0.0483. The summed E-state index contributed by atoms with van der Waals surface area (Å²) < 4.78 is 24.3. The summed E-state index contributed by atoms with van der Waals surface area (Å²) in [6, 6.07) is 0. The molecule has 2 aromatic rings. The average molecular weight is 285 g/mol. The Morgan fingerprint density at radius 2 is 2.11 bits per heavy atom. The Balaban J connectivity index is 2.41. The Bertz CT molecular complexity index is 685. The summed E-state index contributed by atoms with van der Waals surface area (Å²) in [6.45, 7) is 4.12. The Morgan fingerprint density at radius 3 is 2.58 bits per heavy atom. The maximum Gasteiger partial charge on any atom is 0.257 e. The topological polar surface area (TPSA) is 122 Å². The third-order valence-electron chi connectivity index (χ3n) is 2.45. The predicted octanol–water partition coefficient (Wildman–Crippen LogP) is -0.774. The first-order valence-corrected chi connectivity index (χ1v) is 7.14. The Morgan fingerprint density at radius 1 is 1.42 bits per heavy atom. The summed E-state index contributed by atoms with van der Waals surface area (Å²) in [5.74, 6) is 1.13. The van der Waals surface area contributed by atoms with Gasteiger partial charge in [-0.05, 0) is 5.21 Å². The summed E-state index contributed by atoms with van der Waals surface area (Å²) in [5, 5.41) is 16.6. The second-order valence-electron chi connectivity index (χ2n) is 4.46. The first kappa shape index (κ1) is 13.6. The lowest BCUT2D eigenvalue weighted by Gasteiger charge is -2.07. The van der Waals surface area contributed by atoms with Crippen LogP contribution in [0.2, 0.25) is 0 Å². The highest BCUT2D eigenvalue weighted by Crippen LogP contribution is 2.17. The molecule has 10 heteroatoms. The van der Waals surface area contributed by atoms with Crippen LogP contribution in [0.3, 0.4) is 0 Å². The van der Waals surface area contributed by atoms with Gasteiger partial charge in [-0.15, -0.1) is 10.2 Å². The molecule has 2 N–H and O–H groups in total. The molecule has 0 unspecified atom stereocenters. The Kier molecular flexibility index (Phi) is 3.37. The van der Waals surface area contributed by atoms with E-state index in [-0.39, 0.29) is 10.9 Å². The number of imidazole rings is 1. The molecule has 0 aliphatic carbocycles. The van der Waals surface area contributed by atoms with Gasteiger partial charge in [-0.3, -0.25) is 0 Å². The van der Waals surface area contributed by atoms with Gasteiger partial charge < -0.3 is 4.57 Å². The van der Waals surface area contributed by atoms with Gasteiger partial charge in [-0.1, -0.05) is 13.8 Å². The summed E-state index contributed by atoms with van der Waals surface area (Å²) >= 11 is 0. The summed E-state index contributed by atoms with van der Waals surface area (Å²) in [6.07, 6.45) is 1.39. The normalized spacial score (nSPS) is 12.3. The van der Waals surface area contributed by atoms with Crippen molar-refractivity contribution in [3.63, 3.8) is 0 Å². The number of rotatable bonds is 4. The molecule has 2 rings (SSSR count). The molecule has 0 aliphatic rings. The number of primary sulfonamides is 1. The van der Waals surface area contributed by atoms with E-state index in [0.717, 1.165) is 0 Å². The fraction of sp³-hybridized carbons (Fsp3) is 0.556. The summed E-state index contributed by atoms with van der Waals surface area (Å²) in [4.78, 5) is 5.39. The molecule has 0 bridgehead atoms. The Labute approximate surface area is 110 Å². The number of nitrogens with zero attached hydrogens (tertiary/aromatic N) is 6. The lowest BCUT2D eigenvalue weighted by atomic mass is 10.2. The minimum atomic E-state index is -3.82. The monoisotopic (exact) mass is 285 g/mol. The molecule has 104 valence electrons. The molecule has 0 aliphatic heterocycles. The van der Waals surface area contributed by atoms with Crippen LogP contribution in [-0.2, 0) is 23.6 Å². The van der Waals surface area contributed by atoms with Crippen LogP contribution in [0.25, 0.3) is 0 Å². The van der Waals surface area contributed by atoms with Gasteiger partial charge in [-0.2, -0.15) is 4.80 Å². The van der Waals surface area contributed by atoms with Gasteiger partial charge in [0.2, 0.25) is 0 Å². The molecule has 0 saturated heterocycles. The van der Waals surface area contributed by atoms with E-state index in [1.54, 1.807) is 11.6 Å². The van der Waals surface area contributed by atoms with Crippen molar-refractivity contribution in [2.45, 2.75) is 31.3 Å². The van der Waals surface area contributed by atoms with Gasteiger partial charge in [-0.25, -0.2) is 18.5 Å². The van der Waals surface area contributed by atoms with Crippen molar-refractivity contribution in [2.75, 3.05) is 0 Å². The van der Waals surface area contributed by atoms with Crippen molar-refractivity contribution in [3.8, 4) is 0 Å². The van der Waals surface area contributed by atoms with Crippen LogP contribution in [0.5, 0.6) is 0 Å². The van der Waals surface area contributed by atoms with Gasteiger partial charge in [0.25, 0.3) is 10.0 Å². The number of aryl methyl sites for hydroxylation is 1. The number of sulfonamides is 1. The highest BCUT2D eigenvalue weighted by atomic mass is 32.2. The van der Waals surface area contributed by atoms with Gasteiger partial charge in [0.15, 0.2) is 10.9 Å². The molecule has 0 fully saturated rings. The van der Waals surface area contributed by atoms with Gasteiger partial charge in [0.1, 0.15) is 5.82 Å². The largest absolute Gasteiger partial charge is 0.325 e. The summed E-state index contributed by atoms with van der Waals surface area (Å²) in [5.41, 5.74) is 0. The molecule has 2 aromatic heterocycles. The van der Waals surface area contributed by atoms with Crippen LogP contribution in [0.4, 0.5) is 0 Å². The SMILES string of the molecule is CC(C)c1nc(S(N)(=O)=O)cn1Cc1nnn(C)n1. The van der Waals surface area contributed by atoms with Crippen molar-refractivity contribution < 1.29 is 8.42 Å². The van der Waals surface area contributed by atoms with Crippen LogP contribution >= 0.6 is 0 Å². The molecule has 0 spiro atoms. The molecule has 0 amide bonds. The zero-order valence-electron chi connectivity index (χ0n) is 10.8. The van der Waals surface area contributed by atoms with E-state index in [9.17, 15) is 8.42 Å². The van der Waals surface area contributed by atoms with E-state index in [1.807, 2.05) is 13.8 Å². The van der Waals surface area contributed by atoms with Gasteiger partial charge >= 0.3 is 0 Å². The lowest BCUT2D eigenvalue weighted by Crippen LogP contribution is -2.12. The number of nitrogens with two attached hydrogens (primary N) is 1. The molecule has 0 aromatic carbocycles. The summed E-state index contributed by atoms with van der Waals surface area (Å²) in [7, 11) is -2.16. The van der Waals surface area contributed by atoms with E-state index >= 15 is 0 Å². The second-order valence-corrected chi connectivity index (χ2v) is 5.97. The third kappa shape index (κ3) is 2.96. The molecular formula is C9H15N7O2S. The van der Waals surface area contributed by atoms with Crippen LogP contribution in [0, 0.1) is 0 Å². The van der Waals surface area contributed by atoms with E-state index < -0.39 is 10.0 Å². The van der Waals surface area contributed by atoms with Crippen molar-refractivity contribution >= 4 is 10.0 Å². The van der Waals surface area contributed by atoms with E-state index in [0.29, 0.717) is 18.2 Å². The number of tetrazole rings is 1. The maximum absolute atomic E-state index is 11.3. The van der Waals surface area contributed by atoms with E-state index in [4.69, 9.17) is 5.14 Å². The van der Waals surface area contributed by atoms with Crippen LogP contribution in [0.15, 0.2) is 11.2 Å². The first-order chi connectivity index (χ1) is 8.77. The highest BCUT2D eigenvalue weighted by Gasteiger charge is 2.19. The number of hydrogen-bond donors (Lipinski definition) is 1. The minimum Gasteiger partial charge on any atom is -0.325 e.